The number of rotatable bonds is 9. The second-order valence-electron chi connectivity index (χ2n) is 9.68. The number of hydrazine groups is 2. The zero-order chi connectivity index (χ0) is 29.8. The van der Waals surface area contributed by atoms with Crippen molar-refractivity contribution in [2.75, 3.05) is 10.6 Å². The topological polar surface area (TPSA) is 106 Å². The number of aromatic nitrogens is 1. The summed E-state index contributed by atoms with van der Waals surface area (Å²) in [6, 6.07) is 28.5. The molecule has 0 spiro atoms. The Kier molecular flexibility index (Phi) is 8.40. The van der Waals surface area contributed by atoms with E-state index in [2.05, 4.69) is 38.1 Å². The number of hydrogen-bond acceptors (Lipinski definition) is 8. The summed E-state index contributed by atoms with van der Waals surface area (Å²) in [7, 11) is 0. The minimum absolute atomic E-state index is 0.279. The fourth-order valence-electron chi connectivity index (χ4n) is 4.71. The molecule has 43 heavy (non-hydrogen) atoms. The molecule has 8 nitrogen and oxygen atoms in total. The number of halogens is 3. The largest absolute Gasteiger partial charge is 0.487 e. The van der Waals surface area contributed by atoms with Crippen LogP contribution < -0.4 is 31.8 Å². The van der Waals surface area contributed by atoms with Crippen LogP contribution >= 0.6 is 34.8 Å². The second kappa shape index (κ2) is 12.7. The fourth-order valence-corrected chi connectivity index (χ4v) is 5.34. The van der Waals surface area contributed by atoms with Gasteiger partial charge in [0.15, 0.2) is 0 Å². The van der Waals surface area contributed by atoms with E-state index in [9.17, 15) is 5.26 Å². The molecule has 2 heterocycles. The zero-order valence-electron chi connectivity index (χ0n) is 22.5. The Morgan fingerprint density at radius 2 is 1.70 bits per heavy atom. The van der Waals surface area contributed by atoms with E-state index in [0.717, 1.165) is 22.5 Å². The van der Waals surface area contributed by atoms with Gasteiger partial charge in [0, 0.05) is 34.2 Å². The van der Waals surface area contributed by atoms with Gasteiger partial charge in [0.1, 0.15) is 18.4 Å². The molecule has 0 bridgehead atoms. The molecule has 6 rings (SSSR count). The number of benzene rings is 4. The first kappa shape index (κ1) is 28.5. The SMILES string of the molecule is N#Cc1cnc2c(Cl)cc(N[C@H](C3=CNNN3)c3ccc(Cl)cc3)cc2c1Nc1ccc(OCc2ccccc2)c(Cl)c1. The molecule has 1 aromatic heterocycles. The number of anilines is 3. The minimum Gasteiger partial charge on any atom is -0.487 e. The molecule has 0 saturated carbocycles. The molecule has 1 atom stereocenters. The van der Waals surface area contributed by atoms with Crippen molar-refractivity contribution in [3.05, 3.63) is 135 Å². The number of nitrogens with zero attached hydrogens (tertiary/aromatic N) is 2. The van der Waals surface area contributed by atoms with Gasteiger partial charge >= 0.3 is 0 Å². The van der Waals surface area contributed by atoms with Crippen LogP contribution in [0.15, 0.2) is 103 Å². The minimum atomic E-state index is -0.279. The van der Waals surface area contributed by atoms with E-state index < -0.39 is 0 Å². The van der Waals surface area contributed by atoms with Crippen LogP contribution in [0.4, 0.5) is 17.1 Å². The summed E-state index contributed by atoms with van der Waals surface area (Å²) >= 11 is 19.5. The maximum Gasteiger partial charge on any atom is 0.138 e. The van der Waals surface area contributed by atoms with Crippen molar-refractivity contribution in [1.29, 1.82) is 5.26 Å². The fraction of sp³-hybridized carbons (Fsp3) is 0.0625. The summed E-state index contributed by atoms with van der Waals surface area (Å²) in [5.74, 6) is 0.553. The molecule has 214 valence electrons. The molecule has 1 aliphatic heterocycles. The Morgan fingerprint density at radius 1 is 0.907 bits per heavy atom. The van der Waals surface area contributed by atoms with Crippen molar-refractivity contribution in [1.82, 2.24) is 21.4 Å². The summed E-state index contributed by atoms with van der Waals surface area (Å²) in [5, 5.41) is 19.0. The van der Waals surface area contributed by atoms with Gasteiger partial charge in [-0.3, -0.25) is 4.98 Å². The molecule has 0 amide bonds. The maximum atomic E-state index is 9.97. The number of ether oxygens (including phenoxy) is 1. The van der Waals surface area contributed by atoms with Crippen molar-refractivity contribution >= 4 is 62.8 Å². The summed E-state index contributed by atoms with van der Waals surface area (Å²) in [6.07, 6.45) is 3.33. The van der Waals surface area contributed by atoms with Crippen molar-refractivity contribution in [2.45, 2.75) is 12.6 Å². The Labute approximate surface area is 263 Å². The lowest BCUT2D eigenvalue weighted by molar-refractivity contribution is 0.306. The molecule has 0 radical (unpaired) electrons. The van der Waals surface area contributed by atoms with Crippen LogP contribution in [0.2, 0.25) is 15.1 Å². The lowest BCUT2D eigenvalue weighted by atomic mass is 10.0. The van der Waals surface area contributed by atoms with Crippen LogP contribution in [0, 0.1) is 11.3 Å². The molecular formula is C32H24Cl3N7O. The third-order valence-corrected chi connectivity index (χ3v) is 7.65. The van der Waals surface area contributed by atoms with Gasteiger partial charge in [-0.1, -0.05) is 77.3 Å². The van der Waals surface area contributed by atoms with Gasteiger partial charge in [0.25, 0.3) is 0 Å². The average molecular weight is 629 g/mol. The molecule has 5 aromatic rings. The molecule has 0 aliphatic carbocycles. The molecule has 0 unspecified atom stereocenters. The molecule has 11 heteroatoms. The van der Waals surface area contributed by atoms with E-state index >= 15 is 0 Å². The van der Waals surface area contributed by atoms with Crippen LogP contribution in [-0.4, -0.2) is 4.98 Å². The van der Waals surface area contributed by atoms with E-state index in [-0.39, 0.29) is 6.04 Å². The summed E-state index contributed by atoms with van der Waals surface area (Å²) in [6.45, 7) is 0.394. The van der Waals surface area contributed by atoms with E-state index in [1.807, 2.05) is 79.0 Å². The number of pyridine rings is 1. The van der Waals surface area contributed by atoms with Crippen LogP contribution in [-0.2, 0) is 6.61 Å². The second-order valence-corrected chi connectivity index (χ2v) is 10.9. The molecule has 0 fully saturated rings. The van der Waals surface area contributed by atoms with Crippen molar-refractivity contribution in [3.8, 4) is 11.8 Å². The average Bonchev–Trinajstić information content (AvgIpc) is 3.56. The number of nitriles is 1. The van der Waals surface area contributed by atoms with Gasteiger partial charge in [-0.25, -0.2) is 0 Å². The highest BCUT2D eigenvalue weighted by molar-refractivity contribution is 6.36. The van der Waals surface area contributed by atoms with Crippen LogP contribution in [0.25, 0.3) is 10.9 Å². The van der Waals surface area contributed by atoms with Gasteiger partial charge < -0.3 is 26.2 Å². The van der Waals surface area contributed by atoms with Gasteiger partial charge in [0.05, 0.1) is 38.6 Å². The number of fused-ring (bicyclic) bond motifs is 1. The molecule has 5 N–H and O–H groups in total. The van der Waals surface area contributed by atoms with E-state index in [1.165, 1.54) is 6.20 Å². The Balaban J connectivity index is 1.32. The van der Waals surface area contributed by atoms with E-state index in [0.29, 0.717) is 55.3 Å². The van der Waals surface area contributed by atoms with E-state index in [1.54, 1.807) is 12.1 Å². The van der Waals surface area contributed by atoms with Crippen molar-refractivity contribution < 1.29 is 4.74 Å². The van der Waals surface area contributed by atoms with Crippen LogP contribution in [0.5, 0.6) is 5.75 Å². The van der Waals surface area contributed by atoms with Gasteiger partial charge in [-0.05, 0) is 53.6 Å². The predicted molar refractivity (Wildman–Crippen MR) is 172 cm³/mol. The third-order valence-electron chi connectivity index (χ3n) is 6.82. The third kappa shape index (κ3) is 6.41. The quantitative estimate of drug-likeness (QED) is 0.112. The lowest BCUT2D eigenvalue weighted by Gasteiger charge is -2.22. The van der Waals surface area contributed by atoms with Gasteiger partial charge in [-0.2, -0.15) is 10.8 Å². The highest BCUT2D eigenvalue weighted by atomic mass is 35.5. The van der Waals surface area contributed by atoms with Gasteiger partial charge in [-0.15, -0.1) is 0 Å². The first-order valence-electron chi connectivity index (χ1n) is 13.2. The maximum absolute atomic E-state index is 9.97. The zero-order valence-corrected chi connectivity index (χ0v) is 24.7. The standard InChI is InChI=1S/C32H24Cl3N7O/c33-22-8-6-20(7-9-22)31(28-17-38-42-41-28)40-24-12-25-30(21(15-36)16-37-32(25)27(35)14-24)39-23-10-11-29(26(34)13-23)43-18-19-4-2-1-3-5-19/h1-14,16-17,31,38,40-42H,18H2,(H,37,39)/t31-/m0/s1. The summed E-state index contributed by atoms with van der Waals surface area (Å²) in [5.41, 5.74) is 14.6. The highest BCUT2D eigenvalue weighted by Gasteiger charge is 2.21. The van der Waals surface area contributed by atoms with Crippen molar-refractivity contribution in [2.24, 2.45) is 0 Å². The predicted octanol–water partition coefficient (Wildman–Crippen LogP) is 8.00. The first-order valence-corrected chi connectivity index (χ1v) is 14.4. The Morgan fingerprint density at radius 3 is 2.42 bits per heavy atom. The molecular weight excluding hydrogens is 605 g/mol. The molecule has 0 saturated heterocycles. The molecule has 1 aliphatic rings. The normalized spacial score (nSPS) is 12.9. The van der Waals surface area contributed by atoms with Gasteiger partial charge in [0.2, 0.25) is 0 Å². The van der Waals surface area contributed by atoms with Crippen LogP contribution in [0.1, 0.15) is 22.7 Å². The number of hydrogen-bond donors (Lipinski definition) is 5. The smallest absolute Gasteiger partial charge is 0.138 e. The first-order chi connectivity index (χ1) is 21.0. The monoisotopic (exact) mass is 627 g/mol. The van der Waals surface area contributed by atoms with E-state index in [4.69, 9.17) is 39.5 Å². The molecule has 4 aromatic carbocycles. The highest BCUT2D eigenvalue weighted by Crippen LogP contribution is 2.38. The summed E-state index contributed by atoms with van der Waals surface area (Å²) in [4.78, 5) is 4.48. The Hall–Kier alpha value is -4.65. The van der Waals surface area contributed by atoms with Crippen LogP contribution in [0.3, 0.4) is 0 Å². The van der Waals surface area contributed by atoms with Crippen molar-refractivity contribution in [3.63, 3.8) is 0 Å². The number of nitrogens with one attached hydrogen (secondary N) is 5. The summed E-state index contributed by atoms with van der Waals surface area (Å²) < 4.78 is 5.92. The lowest BCUT2D eigenvalue weighted by Crippen LogP contribution is -2.33. The Bertz CT molecular complexity index is 1860.